The average molecular weight is 130 g/mol. The van der Waals surface area contributed by atoms with Crippen molar-refractivity contribution in [2.45, 2.75) is 6.92 Å². The van der Waals surface area contributed by atoms with Crippen LogP contribution in [0.25, 0.3) is 0 Å². The highest BCUT2D eigenvalue weighted by Crippen LogP contribution is 2.17. The summed E-state index contributed by atoms with van der Waals surface area (Å²) in [6.45, 7) is 5.37. The van der Waals surface area contributed by atoms with E-state index < -0.39 is 0 Å². The first-order valence-corrected chi connectivity index (χ1v) is 2.99. The molecule has 0 spiro atoms. The molecule has 0 atom stereocenters. The Hall–Kier alpha value is -0.570. The Kier molecular flexibility index (Phi) is 3.19. The first-order chi connectivity index (χ1) is 3.66. The van der Waals surface area contributed by atoms with Gasteiger partial charge < -0.3 is 11.5 Å². The molecule has 0 amide bonds. The van der Waals surface area contributed by atoms with E-state index >= 15 is 0 Å². The largest absolute Gasteiger partial charge is 0.404 e. The zero-order chi connectivity index (χ0) is 6.57. The van der Waals surface area contributed by atoms with Crippen LogP contribution in [0.15, 0.2) is 22.7 Å². The van der Waals surface area contributed by atoms with Crippen LogP contribution in [-0.4, -0.2) is 0 Å². The van der Waals surface area contributed by atoms with E-state index in [2.05, 4.69) is 6.58 Å². The molecule has 0 aliphatic heterocycles. The van der Waals surface area contributed by atoms with Gasteiger partial charge in [-0.25, -0.2) is 0 Å². The van der Waals surface area contributed by atoms with Gasteiger partial charge in [0.05, 0.1) is 5.03 Å². The summed E-state index contributed by atoms with van der Waals surface area (Å²) >= 11 is 1.37. The fraction of sp³-hybridized carbons (Fsp3) is 0.200. The predicted octanol–water partition coefficient (Wildman–Crippen LogP) is 0.970. The van der Waals surface area contributed by atoms with Gasteiger partial charge in [0.15, 0.2) is 0 Å². The summed E-state index contributed by atoms with van der Waals surface area (Å²) in [5.74, 6) is 0. The van der Waals surface area contributed by atoms with Crippen molar-refractivity contribution >= 4 is 11.8 Å². The standard InChI is InChI=1S/C5H10N2S/c1-4(3-6)8-5(2)7/h3H,2,6-7H2,1H3/b4-3-. The second-order valence-corrected chi connectivity index (χ2v) is 2.72. The molecule has 0 saturated heterocycles. The van der Waals surface area contributed by atoms with Crippen molar-refractivity contribution in [3.05, 3.63) is 22.7 Å². The summed E-state index contributed by atoms with van der Waals surface area (Å²) in [6, 6.07) is 0. The Balaban J connectivity index is 3.56. The third kappa shape index (κ3) is 3.61. The van der Waals surface area contributed by atoms with E-state index in [1.807, 2.05) is 6.92 Å². The van der Waals surface area contributed by atoms with Crippen molar-refractivity contribution in [3.8, 4) is 0 Å². The van der Waals surface area contributed by atoms with Crippen LogP contribution in [0.3, 0.4) is 0 Å². The monoisotopic (exact) mass is 130 g/mol. The lowest BCUT2D eigenvalue weighted by Gasteiger charge is -1.94. The molecular weight excluding hydrogens is 120 g/mol. The molecule has 0 aromatic rings. The molecule has 0 saturated carbocycles. The highest BCUT2D eigenvalue weighted by Gasteiger charge is 1.86. The maximum Gasteiger partial charge on any atom is 0.0627 e. The number of hydrogen-bond donors (Lipinski definition) is 2. The molecule has 4 N–H and O–H groups in total. The van der Waals surface area contributed by atoms with Gasteiger partial charge in [-0.05, 0) is 6.92 Å². The second kappa shape index (κ2) is 3.43. The molecule has 0 unspecified atom stereocenters. The van der Waals surface area contributed by atoms with E-state index in [0.717, 1.165) is 4.91 Å². The van der Waals surface area contributed by atoms with Crippen LogP contribution in [0.4, 0.5) is 0 Å². The zero-order valence-electron chi connectivity index (χ0n) is 4.85. The summed E-state index contributed by atoms with van der Waals surface area (Å²) in [4.78, 5) is 0.970. The Bertz CT molecular complexity index is 118. The Morgan fingerprint density at radius 3 is 2.38 bits per heavy atom. The highest BCUT2D eigenvalue weighted by molar-refractivity contribution is 8.06. The number of allylic oxidation sites excluding steroid dienone is 1. The van der Waals surface area contributed by atoms with E-state index in [1.54, 1.807) is 0 Å². The molecular formula is C5H10N2S. The van der Waals surface area contributed by atoms with E-state index in [9.17, 15) is 0 Å². The molecule has 0 radical (unpaired) electrons. The van der Waals surface area contributed by atoms with Gasteiger partial charge in [-0.15, -0.1) is 0 Å². The Morgan fingerprint density at radius 1 is 1.75 bits per heavy atom. The minimum atomic E-state index is 0.573. The lowest BCUT2D eigenvalue weighted by Crippen LogP contribution is -1.89. The number of thioether (sulfide) groups is 1. The topological polar surface area (TPSA) is 52.0 Å². The van der Waals surface area contributed by atoms with Gasteiger partial charge in [0.1, 0.15) is 0 Å². The van der Waals surface area contributed by atoms with Crippen LogP contribution >= 0.6 is 11.8 Å². The van der Waals surface area contributed by atoms with Gasteiger partial charge in [-0.3, -0.25) is 0 Å². The molecule has 8 heavy (non-hydrogen) atoms. The molecule has 3 heteroatoms. The fourth-order valence-electron chi connectivity index (χ4n) is 0.241. The van der Waals surface area contributed by atoms with Gasteiger partial charge in [0.2, 0.25) is 0 Å². The van der Waals surface area contributed by atoms with Crippen molar-refractivity contribution in [2.75, 3.05) is 0 Å². The molecule has 2 nitrogen and oxygen atoms in total. The lowest BCUT2D eigenvalue weighted by molar-refractivity contribution is 1.51. The third-order valence-corrected chi connectivity index (χ3v) is 1.25. The lowest BCUT2D eigenvalue weighted by atomic mass is 10.7. The first-order valence-electron chi connectivity index (χ1n) is 2.17. The normalized spacial score (nSPS) is 11.4. The molecule has 0 aromatic carbocycles. The molecule has 0 rings (SSSR count). The summed E-state index contributed by atoms with van der Waals surface area (Å²) in [5, 5.41) is 0.573. The van der Waals surface area contributed by atoms with Gasteiger partial charge >= 0.3 is 0 Å². The van der Waals surface area contributed by atoms with E-state index in [-0.39, 0.29) is 0 Å². The van der Waals surface area contributed by atoms with Crippen molar-refractivity contribution < 1.29 is 0 Å². The van der Waals surface area contributed by atoms with E-state index in [1.165, 1.54) is 18.0 Å². The number of rotatable bonds is 2. The van der Waals surface area contributed by atoms with Gasteiger partial charge in [0.25, 0.3) is 0 Å². The van der Waals surface area contributed by atoms with Crippen molar-refractivity contribution in [1.29, 1.82) is 0 Å². The second-order valence-electron chi connectivity index (χ2n) is 1.35. The first kappa shape index (κ1) is 7.43. The SMILES string of the molecule is C=C(N)S/C(C)=C\N. The molecule has 46 valence electrons. The Morgan fingerprint density at radius 2 is 2.25 bits per heavy atom. The maximum absolute atomic E-state index is 5.24. The quantitative estimate of drug-likeness (QED) is 0.585. The molecule has 0 heterocycles. The highest BCUT2D eigenvalue weighted by atomic mass is 32.2. The molecule has 0 aliphatic rings. The van der Waals surface area contributed by atoms with Gasteiger partial charge in [-0.2, -0.15) is 0 Å². The van der Waals surface area contributed by atoms with Crippen LogP contribution in [-0.2, 0) is 0 Å². The summed E-state index contributed by atoms with van der Waals surface area (Å²) < 4.78 is 0. The van der Waals surface area contributed by atoms with Crippen LogP contribution < -0.4 is 11.5 Å². The van der Waals surface area contributed by atoms with Gasteiger partial charge in [0, 0.05) is 11.1 Å². The van der Waals surface area contributed by atoms with Crippen LogP contribution in [0.1, 0.15) is 6.92 Å². The number of nitrogens with two attached hydrogens (primary N) is 2. The van der Waals surface area contributed by atoms with Crippen LogP contribution in [0, 0.1) is 0 Å². The summed E-state index contributed by atoms with van der Waals surface area (Å²) in [7, 11) is 0. The minimum Gasteiger partial charge on any atom is -0.404 e. The zero-order valence-corrected chi connectivity index (χ0v) is 5.66. The number of hydrogen-bond acceptors (Lipinski definition) is 3. The maximum atomic E-state index is 5.24. The molecule has 0 fully saturated rings. The van der Waals surface area contributed by atoms with Crippen molar-refractivity contribution in [3.63, 3.8) is 0 Å². The van der Waals surface area contributed by atoms with Gasteiger partial charge in [-0.1, -0.05) is 18.3 Å². The van der Waals surface area contributed by atoms with Crippen molar-refractivity contribution in [2.24, 2.45) is 11.5 Å². The molecule has 0 aliphatic carbocycles. The van der Waals surface area contributed by atoms with Crippen LogP contribution in [0.5, 0.6) is 0 Å². The average Bonchev–Trinajstić information content (AvgIpc) is 1.65. The summed E-state index contributed by atoms with van der Waals surface area (Å²) in [5.41, 5.74) is 10.4. The van der Waals surface area contributed by atoms with E-state index in [4.69, 9.17) is 11.5 Å². The minimum absolute atomic E-state index is 0.573. The third-order valence-electron chi connectivity index (χ3n) is 0.527. The predicted molar refractivity (Wildman–Crippen MR) is 38.9 cm³/mol. The molecule has 0 aromatic heterocycles. The Labute approximate surface area is 53.6 Å². The van der Waals surface area contributed by atoms with E-state index in [0.29, 0.717) is 5.03 Å². The van der Waals surface area contributed by atoms with Crippen molar-refractivity contribution in [1.82, 2.24) is 0 Å². The fourth-order valence-corrected chi connectivity index (χ4v) is 0.722. The summed E-state index contributed by atoms with van der Waals surface area (Å²) in [6.07, 6.45) is 1.50. The van der Waals surface area contributed by atoms with Crippen LogP contribution in [0.2, 0.25) is 0 Å². The smallest absolute Gasteiger partial charge is 0.0627 e. The molecule has 0 bridgehead atoms.